The van der Waals surface area contributed by atoms with Gasteiger partial charge in [-0.15, -0.1) is 11.3 Å². The molecular weight excluding hydrogens is 378 g/mol. The molecule has 0 unspecified atom stereocenters. The summed E-state index contributed by atoms with van der Waals surface area (Å²) in [5.74, 6) is -0.865. The Balaban J connectivity index is 1.96. The molecule has 0 aliphatic heterocycles. The van der Waals surface area contributed by atoms with Gasteiger partial charge in [-0.25, -0.2) is 9.78 Å². The Morgan fingerprint density at radius 1 is 1.15 bits per heavy atom. The molecule has 0 atom stereocenters. The molecule has 0 saturated heterocycles. The molecular formula is C15H15N5O4S2. The molecule has 0 fully saturated rings. The minimum Gasteiger partial charge on any atom is -0.384 e. The van der Waals surface area contributed by atoms with E-state index in [1.807, 2.05) is 0 Å². The first-order chi connectivity index (χ1) is 12.2. The maximum Gasteiger partial charge on any atom is 0.332 e. The van der Waals surface area contributed by atoms with E-state index in [4.69, 9.17) is 5.73 Å². The lowest BCUT2D eigenvalue weighted by atomic mass is 10.2. The van der Waals surface area contributed by atoms with Crippen molar-refractivity contribution in [2.75, 3.05) is 11.5 Å². The first-order valence-corrected chi connectivity index (χ1v) is 9.26. The number of ketones is 1. The number of Topliss-reactive ketones (excluding diaryl/α,β-unsaturated/α-hetero) is 1. The van der Waals surface area contributed by atoms with E-state index < -0.39 is 17.0 Å². The summed E-state index contributed by atoms with van der Waals surface area (Å²) in [7, 11) is 4.24. The van der Waals surface area contributed by atoms with Gasteiger partial charge in [-0.2, -0.15) is 0 Å². The number of nitrogens with zero attached hydrogens (tertiary/aromatic N) is 4. The highest BCUT2D eigenvalue weighted by Gasteiger charge is 2.21. The van der Waals surface area contributed by atoms with Crippen molar-refractivity contribution in [3.05, 3.63) is 48.2 Å². The van der Waals surface area contributed by atoms with Gasteiger partial charge in [0.1, 0.15) is 16.1 Å². The molecule has 3 rings (SSSR count). The SMILES string of the molecule is Cn1c(SCC(=O)c2c(N)n(C)c(=O)n(C)c2=O)nc2ccsc2c1=O. The van der Waals surface area contributed by atoms with Gasteiger partial charge in [-0.3, -0.25) is 28.1 Å². The fourth-order valence-corrected chi connectivity index (χ4v) is 4.07. The highest BCUT2D eigenvalue weighted by molar-refractivity contribution is 7.99. The third-order valence-corrected chi connectivity index (χ3v) is 5.89. The fourth-order valence-electron chi connectivity index (χ4n) is 2.42. The molecule has 136 valence electrons. The second-order valence-corrected chi connectivity index (χ2v) is 7.43. The number of nitrogen functional groups attached to an aromatic ring is 1. The van der Waals surface area contributed by atoms with E-state index in [-0.39, 0.29) is 22.7 Å². The monoisotopic (exact) mass is 393 g/mol. The number of carbonyl (C=O) groups is 1. The number of rotatable bonds is 4. The van der Waals surface area contributed by atoms with Crippen LogP contribution < -0.4 is 22.5 Å². The van der Waals surface area contributed by atoms with Gasteiger partial charge in [0.2, 0.25) is 0 Å². The Labute approximate surface area is 154 Å². The molecule has 0 saturated carbocycles. The second kappa shape index (κ2) is 6.57. The van der Waals surface area contributed by atoms with Crippen LogP contribution >= 0.6 is 23.1 Å². The number of thiophene rings is 1. The number of carbonyl (C=O) groups excluding carboxylic acids is 1. The number of nitrogens with two attached hydrogens (primary N) is 1. The van der Waals surface area contributed by atoms with Crippen LogP contribution in [0.4, 0.5) is 5.82 Å². The van der Waals surface area contributed by atoms with Crippen LogP contribution in [0.2, 0.25) is 0 Å². The Hall–Kier alpha value is -2.66. The minimum atomic E-state index is -0.744. The quantitative estimate of drug-likeness (QED) is 0.375. The zero-order valence-corrected chi connectivity index (χ0v) is 15.8. The molecule has 9 nitrogen and oxygen atoms in total. The molecule has 2 N–H and O–H groups in total. The van der Waals surface area contributed by atoms with Crippen LogP contribution in [-0.2, 0) is 21.1 Å². The van der Waals surface area contributed by atoms with E-state index >= 15 is 0 Å². The van der Waals surface area contributed by atoms with Gasteiger partial charge in [-0.1, -0.05) is 11.8 Å². The number of fused-ring (bicyclic) bond motifs is 1. The van der Waals surface area contributed by atoms with Crippen LogP contribution in [0.15, 0.2) is 31.0 Å². The number of hydrogen-bond donors (Lipinski definition) is 1. The number of hydrogen-bond acceptors (Lipinski definition) is 8. The van der Waals surface area contributed by atoms with Gasteiger partial charge in [0.05, 0.1) is 11.3 Å². The molecule has 0 amide bonds. The number of thioether (sulfide) groups is 1. The van der Waals surface area contributed by atoms with Gasteiger partial charge in [-0.05, 0) is 11.4 Å². The van der Waals surface area contributed by atoms with Crippen molar-refractivity contribution in [3.63, 3.8) is 0 Å². The highest BCUT2D eigenvalue weighted by Crippen LogP contribution is 2.21. The van der Waals surface area contributed by atoms with E-state index in [1.54, 1.807) is 18.5 Å². The summed E-state index contributed by atoms with van der Waals surface area (Å²) >= 11 is 2.33. The van der Waals surface area contributed by atoms with E-state index in [9.17, 15) is 19.2 Å². The molecule has 0 radical (unpaired) electrons. The van der Waals surface area contributed by atoms with Gasteiger partial charge >= 0.3 is 5.69 Å². The lowest BCUT2D eigenvalue weighted by molar-refractivity contribution is 0.102. The first-order valence-electron chi connectivity index (χ1n) is 7.39. The normalized spacial score (nSPS) is 11.2. The standard InChI is InChI=1S/C15H15N5O4S2/c1-18-11(16)9(12(22)20(3)15(18)24)8(21)6-26-14-17-7-4-5-25-10(7)13(23)19(14)2/h4-5H,6,16H2,1-3H3. The van der Waals surface area contributed by atoms with Crippen LogP contribution in [0.25, 0.3) is 10.2 Å². The molecule has 0 spiro atoms. The van der Waals surface area contributed by atoms with E-state index in [0.29, 0.717) is 15.4 Å². The largest absolute Gasteiger partial charge is 0.384 e. The molecule has 3 heterocycles. The molecule has 0 aliphatic carbocycles. The molecule has 0 aromatic carbocycles. The van der Waals surface area contributed by atoms with Crippen molar-refractivity contribution in [1.29, 1.82) is 0 Å². The summed E-state index contributed by atoms with van der Waals surface area (Å²) in [5.41, 5.74) is 4.55. The van der Waals surface area contributed by atoms with E-state index in [1.165, 1.54) is 30.0 Å². The van der Waals surface area contributed by atoms with Crippen LogP contribution in [0.5, 0.6) is 0 Å². The summed E-state index contributed by atoms with van der Waals surface area (Å²) in [4.78, 5) is 53.3. The zero-order chi connectivity index (χ0) is 19.2. The molecule has 3 aromatic rings. The molecule has 11 heteroatoms. The van der Waals surface area contributed by atoms with Crippen LogP contribution in [-0.4, -0.2) is 30.2 Å². The third kappa shape index (κ3) is 2.78. The average molecular weight is 393 g/mol. The van der Waals surface area contributed by atoms with Gasteiger partial charge in [0.15, 0.2) is 10.9 Å². The predicted molar refractivity (Wildman–Crippen MR) is 101 cm³/mol. The van der Waals surface area contributed by atoms with Crippen molar-refractivity contribution in [1.82, 2.24) is 18.7 Å². The highest BCUT2D eigenvalue weighted by atomic mass is 32.2. The van der Waals surface area contributed by atoms with Gasteiger partial charge in [0, 0.05) is 21.1 Å². The van der Waals surface area contributed by atoms with E-state index in [0.717, 1.165) is 20.9 Å². The molecule has 0 bridgehead atoms. The summed E-state index contributed by atoms with van der Waals surface area (Å²) in [6.07, 6.45) is 0. The average Bonchev–Trinajstić information content (AvgIpc) is 3.09. The topological polar surface area (TPSA) is 122 Å². The Morgan fingerprint density at radius 2 is 1.85 bits per heavy atom. The van der Waals surface area contributed by atoms with E-state index in [2.05, 4.69) is 4.98 Å². The third-order valence-electron chi connectivity index (χ3n) is 3.97. The summed E-state index contributed by atoms with van der Waals surface area (Å²) < 4.78 is 3.78. The minimum absolute atomic E-state index is 0.145. The number of anilines is 1. The van der Waals surface area contributed by atoms with Crippen molar-refractivity contribution >= 4 is 44.9 Å². The van der Waals surface area contributed by atoms with Crippen molar-refractivity contribution in [2.24, 2.45) is 21.1 Å². The molecule has 3 aromatic heterocycles. The first kappa shape index (κ1) is 18.1. The molecule has 0 aliphatic rings. The smallest absolute Gasteiger partial charge is 0.332 e. The Bertz CT molecular complexity index is 1220. The maximum absolute atomic E-state index is 12.5. The lowest BCUT2D eigenvalue weighted by Gasteiger charge is -2.11. The van der Waals surface area contributed by atoms with Crippen LogP contribution in [0.3, 0.4) is 0 Å². The van der Waals surface area contributed by atoms with Gasteiger partial charge < -0.3 is 5.73 Å². The predicted octanol–water partition coefficient (Wildman–Crippen LogP) is -0.0504. The number of aromatic nitrogens is 4. The second-order valence-electron chi connectivity index (χ2n) is 5.57. The summed E-state index contributed by atoms with van der Waals surface area (Å²) in [6, 6.07) is 1.73. The Kier molecular flexibility index (Phi) is 4.59. The lowest BCUT2D eigenvalue weighted by Crippen LogP contribution is -2.41. The van der Waals surface area contributed by atoms with Crippen molar-refractivity contribution < 1.29 is 4.79 Å². The van der Waals surface area contributed by atoms with Crippen LogP contribution in [0, 0.1) is 0 Å². The van der Waals surface area contributed by atoms with Crippen molar-refractivity contribution in [3.8, 4) is 0 Å². The van der Waals surface area contributed by atoms with Crippen LogP contribution in [0.1, 0.15) is 10.4 Å². The Morgan fingerprint density at radius 3 is 2.54 bits per heavy atom. The maximum atomic E-state index is 12.5. The van der Waals surface area contributed by atoms with Gasteiger partial charge in [0.25, 0.3) is 11.1 Å². The fraction of sp³-hybridized carbons (Fsp3) is 0.267. The van der Waals surface area contributed by atoms with Crippen molar-refractivity contribution in [2.45, 2.75) is 5.16 Å². The summed E-state index contributed by atoms with van der Waals surface area (Å²) in [5, 5.41) is 2.13. The summed E-state index contributed by atoms with van der Waals surface area (Å²) in [6.45, 7) is 0. The zero-order valence-electron chi connectivity index (χ0n) is 14.2. The molecule has 26 heavy (non-hydrogen) atoms.